The molecular weight excluding hydrogens is 420 g/mol. The van der Waals surface area contributed by atoms with Crippen molar-refractivity contribution in [1.82, 2.24) is 15.4 Å². The molecule has 5 rings (SSSR count). The van der Waals surface area contributed by atoms with E-state index in [1.165, 1.54) is 6.40 Å². The first-order valence-corrected chi connectivity index (χ1v) is 10.5. The van der Waals surface area contributed by atoms with Crippen molar-refractivity contribution < 1.29 is 9.57 Å². The van der Waals surface area contributed by atoms with Crippen LogP contribution in [0.1, 0.15) is 22.3 Å². The summed E-state index contributed by atoms with van der Waals surface area (Å²) in [5.74, 6) is 0.688. The lowest BCUT2D eigenvalue weighted by atomic mass is 10.1. The van der Waals surface area contributed by atoms with Gasteiger partial charge in [-0.25, -0.2) is 9.98 Å². The summed E-state index contributed by atoms with van der Waals surface area (Å²) in [7, 11) is 0. The lowest BCUT2D eigenvalue weighted by Crippen LogP contribution is -2.12. The quantitative estimate of drug-likeness (QED) is 0.449. The standard InChI is InChI=1S/C22H17ClN4O2S/c1-13-19(11-28-15-7-8-16(18(23)10-15)21-25-12-29-27-21)30-22(26-13)17-6-2-4-14-5-3-9-24-20(14)17/h2-10,12,21,27H,11H2,1H3. The Balaban J connectivity index is 1.36. The van der Waals surface area contributed by atoms with Crippen molar-refractivity contribution in [3.05, 3.63) is 75.9 Å². The zero-order chi connectivity index (χ0) is 20.5. The van der Waals surface area contributed by atoms with Gasteiger partial charge < -0.3 is 9.57 Å². The third-order valence-corrected chi connectivity index (χ3v) is 6.33. The van der Waals surface area contributed by atoms with Crippen LogP contribution in [0, 0.1) is 6.92 Å². The molecule has 1 atom stereocenters. The van der Waals surface area contributed by atoms with Crippen LogP contribution in [0.4, 0.5) is 0 Å². The van der Waals surface area contributed by atoms with Crippen molar-refractivity contribution in [1.29, 1.82) is 0 Å². The second kappa shape index (κ2) is 8.02. The summed E-state index contributed by atoms with van der Waals surface area (Å²) < 4.78 is 5.99. The highest BCUT2D eigenvalue weighted by molar-refractivity contribution is 7.15. The van der Waals surface area contributed by atoms with Gasteiger partial charge in [0.1, 0.15) is 17.4 Å². The number of rotatable bonds is 5. The van der Waals surface area contributed by atoms with Gasteiger partial charge in [-0.2, -0.15) is 0 Å². The summed E-state index contributed by atoms with van der Waals surface area (Å²) in [6.07, 6.45) is 2.87. The van der Waals surface area contributed by atoms with Crippen LogP contribution in [-0.4, -0.2) is 16.4 Å². The van der Waals surface area contributed by atoms with E-state index in [1.807, 2.05) is 37.4 Å². The van der Waals surface area contributed by atoms with E-state index in [4.69, 9.17) is 26.2 Å². The molecule has 0 bridgehead atoms. The van der Waals surface area contributed by atoms with Gasteiger partial charge in [0, 0.05) is 22.7 Å². The van der Waals surface area contributed by atoms with E-state index in [0.717, 1.165) is 37.6 Å². The molecule has 2 aromatic heterocycles. The van der Waals surface area contributed by atoms with Crippen molar-refractivity contribution in [2.75, 3.05) is 0 Å². The van der Waals surface area contributed by atoms with Crippen LogP contribution in [0.2, 0.25) is 5.02 Å². The number of aryl methyl sites for hydroxylation is 1. The van der Waals surface area contributed by atoms with Crippen molar-refractivity contribution in [3.63, 3.8) is 0 Å². The van der Waals surface area contributed by atoms with Gasteiger partial charge in [0.05, 0.1) is 21.1 Å². The number of ether oxygens (including phenoxy) is 1. The van der Waals surface area contributed by atoms with Crippen molar-refractivity contribution in [2.24, 2.45) is 4.99 Å². The topological polar surface area (TPSA) is 68.6 Å². The molecule has 0 aliphatic carbocycles. The summed E-state index contributed by atoms with van der Waals surface area (Å²) in [6, 6.07) is 15.7. The van der Waals surface area contributed by atoms with E-state index in [9.17, 15) is 0 Å². The van der Waals surface area contributed by atoms with Crippen LogP contribution in [0.3, 0.4) is 0 Å². The van der Waals surface area contributed by atoms with Crippen LogP contribution >= 0.6 is 22.9 Å². The first-order valence-electron chi connectivity index (χ1n) is 9.34. The second-order valence-corrected chi connectivity index (χ2v) is 8.26. The van der Waals surface area contributed by atoms with Crippen LogP contribution in [0.15, 0.2) is 59.7 Å². The second-order valence-electron chi connectivity index (χ2n) is 6.77. The number of pyridine rings is 1. The molecule has 0 saturated carbocycles. The summed E-state index contributed by atoms with van der Waals surface area (Å²) in [6.45, 7) is 2.41. The molecule has 0 saturated heterocycles. The first kappa shape index (κ1) is 19.0. The van der Waals surface area contributed by atoms with Crippen LogP contribution in [0.5, 0.6) is 5.75 Å². The number of fused-ring (bicyclic) bond motifs is 1. The molecule has 1 unspecified atom stereocenters. The Morgan fingerprint density at radius 3 is 2.93 bits per heavy atom. The smallest absolute Gasteiger partial charge is 0.198 e. The molecule has 6 nitrogen and oxygen atoms in total. The molecule has 0 spiro atoms. The van der Waals surface area contributed by atoms with Crippen molar-refractivity contribution in [2.45, 2.75) is 19.7 Å². The Bertz CT molecular complexity index is 1250. The van der Waals surface area contributed by atoms with Crippen LogP contribution in [-0.2, 0) is 11.4 Å². The summed E-state index contributed by atoms with van der Waals surface area (Å²) in [4.78, 5) is 19.5. The average molecular weight is 437 g/mol. The number of nitrogens with one attached hydrogen (secondary N) is 1. The fraction of sp³-hybridized carbons (Fsp3) is 0.136. The highest BCUT2D eigenvalue weighted by Gasteiger charge is 2.18. The highest BCUT2D eigenvalue weighted by atomic mass is 35.5. The molecule has 1 N–H and O–H groups in total. The van der Waals surface area contributed by atoms with E-state index in [0.29, 0.717) is 17.4 Å². The molecule has 150 valence electrons. The third kappa shape index (κ3) is 3.63. The normalized spacial score (nSPS) is 15.5. The minimum Gasteiger partial charge on any atom is -0.488 e. The molecule has 30 heavy (non-hydrogen) atoms. The Labute approximate surface area is 182 Å². The molecular formula is C22H17ClN4O2S. The predicted molar refractivity (Wildman–Crippen MR) is 119 cm³/mol. The lowest BCUT2D eigenvalue weighted by Gasteiger charge is -2.11. The molecule has 0 radical (unpaired) electrons. The Hall–Kier alpha value is -3.00. The Morgan fingerprint density at radius 1 is 1.20 bits per heavy atom. The molecule has 1 aliphatic rings. The number of hydrogen-bond donors (Lipinski definition) is 1. The van der Waals surface area contributed by atoms with Gasteiger partial charge in [-0.3, -0.25) is 4.98 Å². The number of benzene rings is 2. The van der Waals surface area contributed by atoms with Crippen LogP contribution in [0.25, 0.3) is 21.5 Å². The number of hydroxylamine groups is 1. The summed E-state index contributed by atoms with van der Waals surface area (Å²) in [5.41, 5.74) is 6.54. The monoisotopic (exact) mass is 436 g/mol. The molecule has 2 aromatic carbocycles. The zero-order valence-electron chi connectivity index (χ0n) is 16.0. The SMILES string of the molecule is Cc1nc(-c2cccc3cccnc23)sc1COc1ccc(C2N=CON2)c(Cl)c1. The summed E-state index contributed by atoms with van der Waals surface area (Å²) in [5, 5.41) is 2.60. The minimum atomic E-state index is -0.299. The van der Waals surface area contributed by atoms with Crippen molar-refractivity contribution >= 4 is 40.2 Å². The van der Waals surface area contributed by atoms with E-state index in [2.05, 4.69) is 33.7 Å². The predicted octanol–water partition coefficient (Wildman–Crippen LogP) is 5.46. The molecule has 8 heteroatoms. The van der Waals surface area contributed by atoms with Gasteiger partial charge in [0.15, 0.2) is 12.6 Å². The molecule has 4 aromatic rings. The number of para-hydroxylation sites is 1. The number of thiazole rings is 1. The van der Waals surface area contributed by atoms with E-state index < -0.39 is 0 Å². The maximum atomic E-state index is 6.40. The highest BCUT2D eigenvalue weighted by Crippen LogP contribution is 2.34. The van der Waals surface area contributed by atoms with Gasteiger partial charge in [0.25, 0.3) is 0 Å². The van der Waals surface area contributed by atoms with Gasteiger partial charge in [-0.15, -0.1) is 16.8 Å². The molecule has 0 fully saturated rings. The molecule has 1 aliphatic heterocycles. The number of hydrogen-bond acceptors (Lipinski definition) is 7. The van der Waals surface area contributed by atoms with Crippen LogP contribution < -0.4 is 10.2 Å². The maximum absolute atomic E-state index is 6.40. The van der Waals surface area contributed by atoms with E-state index in [-0.39, 0.29) is 6.17 Å². The van der Waals surface area contributed by atoms with Crippen molar-refractivity contribution in [3.8, 4) is 16.3 Å². The van der Waals surface area contributed by atoms with E-state index >= 15 is 0 Å². The Kier molecular flexibility index (Phi) is 5.08. The fourth-order valence-electron chi connectivity index (χ4n) is 3.28. The number of aliphatic imine (C=N–C) groups is 1. The van der Waals surface area contributed by atoms with Gasteiger partial charge >= 0.3 is 0 Å². The average Bonchev–Trinajstić information content (AvgIpc) is 3.42. The Morgan fingerprint density at radius 2 is 2.10 bits per heavy atom. The molecule has 3 heterocycles. The number of halogens is 1. The minimum absolute atomic E-state index is 0.299. The molecule has 0 amide bonds. The first-order chi connectivity index (χ1) is 14.7. The lowest BCUT2D eigenvalue weighted by molar-refractivity contribution is 0.188. The van der Waals surface area contributed by atoms with Gasteiger partial charge in [-0.05, 0) is 31.2 Å². The maximum Gasteiger partial charge on any atom is 0.198 e. The third-order valence-electron chi connectivity index (χ3n) is 4.83. The van der Waals surface area contributed by atoms with Gasteiger partial charge in [0.2, 0.25) is 0 Å². The largest absolute Gasteiger partial charge is 0.488 e. The zero-order valence-corrected chi connectivity index (χ0v) is 17.6. The number of nitrogens with zero attached hydrogens (tertiary/aromatic N) is 3. The number of aromatic nitrogens is 2. The summed E-state index contributed by atoms with van der Waals surface area (Å²) >= 11 is 8.02. The van der Waals surface area contributed by atoms with E-state index in [1.54, 1.807) is 17.4 Å². The fourth-order valence-corrected chi connectivity index (χ4v) is 4.56. The van der Waals surface area contributed by atoms with Gasteiger partial charge in [-0.1, -0.05) is 35.9 Å².